The molecule has 0 saturated carbocycles. The fourth-order valence-corrected chi connectivity index (χ4v) is 2.88. The molecule has 0 fully saturated rings. The van der Waals surface area contributed by atoms with E-state index in [-0.39, 0.29) is 5.91 Å². The second-order valence-corrected chi connectivity index (χ2v) is 7.50. The Kier molecular flexibility index (Phi) is 4.97. The van der Waals surface area contributed by atoms with E-state index in [1.54, 1.807) is 37.3 Å². The van der Waals surface area contributed by atoms with Crippen molar-refractivity contribution in [2.45, 2.75) is 13.8 Å². The molecule has 0 unspecified atom stereocenters. The molecule has 23 heavy (non-hydrogen) atoms. The van der Waals surface area contributed by atoms with Crippen molar-refractivity contribution in [2.75, 3.05) is 16.3 Å². The molecule has 122 valence electrons. The number of amides is 1. The maximum Gasteiger partial charge on any atom is 0.255 e. The topological polar surface area (TPSA) is 75.3 Å². The summed E-state index contributed by atoms with van der Waals surface area (Å²) in [5.41, 5.74) is 2.96. The van der Waals surface area contributed by atoms with Crippen LogP contribution in [0.2, 0.25) is 5.02 Å². The van der Waals surface area contributed by atoms with E-state index in [0.29, 0.717) is 22.0 Å². The van der Waals surface area contributed by atoms with Crippen molar-refractivity contribution in [3.8, 4) is 0 Å². The van der Waals surface area contributed by atoms with Gasteiger partial charge >= 0.3 is 0 Å². The maximum absolute atomic E-state index is 12.4. The molecule has 0 atom stereocenters. The van der Waals surface area contributed by atoms with Gasteiger partial charge in [-0.05, 0) is 55.3 Å². The first-order chi connectivity index (χ1) is 10.7. The number of anilines is 2. The van der Waals surface area contributed by atoms with Crippen molar-refractivity contribution >= 4 is 38.9 Å². The first-order valence-electron chi connectivity index (χ1n) is 6.81. The monoisotopic (exact) mass is 352 g/mol. The first-order valence-corrected chi connectivity index (χ1v) is 9.08. The molecule has 0 spiro atoms. The highest BCUT2D eigenvalue weighted by molar-refractivity contribution is 7.92. The Labute approximate surface area is 140 Å². The summed E-state index contributed by atoms with van der Waals surface area (Å²) < 4.78 is 25.2. The van der Waals surface area contributed by atoms with E-state index in [4.69, 9.17) is 11.6 Å². The zero-order valence-electron chi connectivity index (χ0n) is 13.0. The Balaban J connectivity index is 2.27. The lowest BCUT2D eigenvalue weighted by Gasteiger charge is -2.12. The summed E-state index contributed by atoms with van der Waals surface area (Å²) in [4.78, 5) is 12.4. The summed E-state index contributed by atoms with van der Waals surface area (Å²) in [7, 11) is -3.41. The van der Waals surface area contributed by atoms with Gasteiger partial charge in [0.1, 0.15) is 0 Å². The Morgan fingerprint density at radius 1 is 1.00 bits per heavy atom. The molecule has 0 radical (unpaired) electrons. The molecule has 2 aromatic rings. The summed E-state index contributed by atoms with van der Waals surface area (Å²) >= 11 is 5.89. The summed E-state index contributed by atoms with van der Waals surface area (Å²) in [6.45, 7) is 3.60. The third kappa shape index (κ3) is 4.71. The number of hydrogen-bond acceptors (Lipinski definition) is 3. The van der Waals surface area contributed by atoms with Crippen LogP contribution in [0, 0.1) is 13.8 Å². The number of benzene rings is 2. The predicted octanol–water partition coefficient (Wildman–Crippen LogP) is 3.58. The molecule has 0 saturated heterocycles. The molecule has 2 N–H and O–H groups in total. The number of carbonyl (C=O) groups excluding carboxylic acids is 1. The number of aryl methyl sites for hydroxylation is 2. The summed E-state index contributed by atoms with van der Waals surface area (Å²) in [6, 6.07) is 10.0. The van der Waals surface area contributed by atoms with Crippen LogP contribution >= 0.6 is 11.6 Å². The third-order valence-electron chi connectivity index (χ3n) is 3.23. The normalized spacial score (nSPS) is 11.1. The molecule has 2 rings (SSSR count). The predicted molar refractivity (Wildman–Crippen MR) is 93.8 cm³/mol. The second kappa shape index (κ2) is 6.60. The molecular formula is C16H17ClN2O3S. The van der Waals surface area contributed by atoms with Gasteiger partial charge in [-0.15, -0.1) is 0 Å². The second-order valence-electron chi connectivity index (χ2n) is 5.32. The van der Waals surface area contributed by atoms with E-state index in [9.17, 15) is 13.2 Å². The number of nitrogens with one attached hydrogen (secondary N) is 2. The van der Waals surface area contributed by atoms with Crippen molar-refractivity contribution in [2.24, 2.45) is 0 Å². The van der Waals surface area contributed by atoms with Gasteiger partial charge in [-0.25, -0.2) is 8.42 Å². The first kappa shape index (κ1) is 17.3. The van der Waals surface area contributed by atoms with Crippen LogP contribution in [0.1, 0.15) is 21.5 Å². The van der Waals surface area contributed by atoms with E-state index >= 15 is 0 Å². The highest BCUT2D eigenvalue weighted by atomic mass is 35.5. The molecule has 0 aliphatic heterocycles. The number of sulfonamides is 1. The van der Waals surface area contributed by atoms with Gasteiger partial charge in [-0.1, -0.05) is 17.7 Å². The zero-order valence-corrected chi connectivity index (χ0v) is 14.5. The van der Waals surface area contributed by atoms with Gasteiger partial charge in [-0.2, -0.15) is 0 Å². The molecule has 0 aliphatic rings. The van der Waals surface area contributed by atoms with Gasteiger partial charge in [0.05, 0.1) is 11.9 Å². The fourth-order valence-electron chi connectivity index (χ4n) is 2.03. The molecule has 0 heterocycles. The van der Waals surface area contributed by atoms with Gasteiger partial charge in [0.2, 0.25) is 10.0 Å². The Hall–Kier alpha value is -2.05. The van der Waals surface area contributed by atoms with Gasteiger partial charge in [-0.3, -0.25) is 9.52 Å². The average Bonchev–Trinajstić information content (AvgIpc) is 2.42. The van der Waals surface area contributed by atoms with Gasteiger partial charge < -0.3 is 5.32 Å². The van der Waals surface area contributed by atoms with E-state index in [0.717, 1.165) is 17.4 Å². The summed E-state index contributed by atoms with van der Waals surface area (Å²) in [5.74, 6) is -0.327. The van der Waals surface area contributed by atoms with Crippen molar-refractivity contribution < 1.29 is 13.2 Å². The molecule has 2 aromatic carbocycles. The van der Waals surface area contributed by atoms with Crippen LogP contribution < -0.4 is 10.0 Å². The third-order valence-corrected chi connectivity index (χ3v) is 4.06. The lowest BCUT2D eigenvalue weighted by molar-refractivity contribution is 0.102. The van der Waals surface area contributed by atoms with Gasteiger partial charge in [0, 0.05) is 16.3 Å². The number of halogens is 1. The van der Waals surface area contributed by atoms with Crippen LogP contribution in [0.25, 0.3) is 0 Å². The van der Waals surface area contributed by atoms with Crippen molar-refractivity contribution in [3.05, 3.63) is 58.1 Å². The minimum absolute atomic E-state index is 0.327. The van der Waals surface area contributed by atoms with Gasteiger partial charge in [0.15, 0.2) is 0 Å². The maximum atomic E-state index is 12.4. The minimum atomic E-state index is -3.41. The van der Waals surface area contributed by atoms with E-state index in [1.807, 2.05) is 6.92 Å². The number of carbonyl (C=O) groups is 1. The largest absolute Gasteiger partial charge is 0.322 e. The Bertz CT molecular complexity index is 864. The van der Waals surface area contributed by atoms with E-state index < -0.39 is 10.0 Å². The molecule has 5 nitrogen and oxygen atoms in total. The van der Waals surface area contributed by atoms with Crippen LogP contribution in [-0.4, -0.2) is 20.6 Å². The lowest BCUT2D eigenvalue weighted by atomic mass is 10.1. The molecular weight excluding hydrogens is 336 g/mol. The number of rotatable bonds is 4. The molecule has 7 heteroatoms. The number of hydrogen-bond donors (Lipinski definition) is 2. The van der Waals surface area contributed by atoms with Crippen LogP contribution in [0.15, 0.2) is 36.4 Å². The van der Waals surface area contributed by atoms with Crippen LogP contribution in [-0.2, 0) is 10.0 Å². The van der Waals surface area contributed by atoms with Crippen LogP contribution in [0.4, 0.5) is 11.4 Å². The highest BCUT2D eigenvalue weighted by Gasteiger charge is 2.12. The fraction of sp³-hybridized carbons (Fsp3) is 0.188. The standard InChI is InChI=1S/C16H17ClN2O3S/c1-10-4-5-12(9-15(10)19-23(3,21)22)16(20)18-14-7-6-13(17)8-11(14)2/h4-9,19H,1-3H3,(H,18,20). The zero-order chi connectivity index (χ0) is 17.2. The van der Waals surface area contributed by atoms with Crippen molar-refractivity contribution in [1.82, 2.24) is 0 Å². The Morgan fingerprint density at radius 3 is 2.30 bits per heavy atom. The SMILES string of the molecule is Cc1cc(Cl)ccc1NC(=O)c1ccc(C)c(NS(C)(=O)=O)c1. The van der Waals surface area contributed by atoms with Crippen LogP contribution in [0.5, 0.6) is 0 Å². The highest BCUT2D eigenvalue weighted by Crippen LogP contribution is 2.22. The molecule has 0 bridgehead atoms. The molecule has 0 aromatic heterocycles. The summed E-state index contributed by atoms with van der Waals surface area (Å²) in [5, 5.41) is 3.38. The smallest absolute Gasteiger partial charge is 0.255 e. The summed E-state index contributed by atoms with van der Waals surface area (Å²) in [6.07, 6.45) is 1.07. The minimum Gasteiger partial charge on any atom is -0.322 e. The van der Waals surface area contributed by atoms with Crippen LogP contribution in [0.3, 0.4) is 0 Å². The lowest BCUT2D eigenvalue weighted by Crippen LogP contribution is -2.15. The van der Waals surface area contributed by atoms with E-state index in [1.165, 1.54) is 6.07 Å². The molecule has 1 amide bonds. The Morgan fingerprint density at radius 2 is 1.70 bits per heavy atom. The van der Waals surface area contributed by atoms with Crippen molar-refractivity contribution in [3.63, 3.8) is 0 Å². The average molecular weight is 353 g/mol. The molecule has 0 aliphatic carbocycles. The van der Waals surface area contributed by atoms with Gasteiger partial charge in [0.25, 0.3) is 5.91 Å². The van der Waals surface area contributed by atoms with E-state index in [2.05, 4.69) is 10.0 Å². The van der Waals surface area contributed by atoms with Crippen molar-refractivity contribution in [1.29, 1.82) is 0 Å². The quantitative estimate of drug-likeness (QED) is 0.883.